The third kappa shape index (κ3) is 13.1. The fourth-order valence-corrected chi connectivity index (χ4v) is 5.46. The van der Waals surface area contributed by atoms with Crippen LogP contribution in [-0.2, 0) is 41.4 Å². The van der Waals surface area contributed by atoms with Crippen LogP contribution in [0.1, 0.15) is 81.5 Å². The van der Waals surface area contributed by atoms with Gasteiger partial charge >= 0.3 is 11.9 Å². The Kier molecular flexibility index (Phi) is 14.9. The van der Waals surface area contributed by atoms with Crippen LogP contribution < -0.4 is 0 Å². The maximum absolute atomic E-state index is 13.6. The van der Waals surface area contributed by atoms with Gasteiger partial charge in [0.25, 0.3) is 5.91 Å². The van der Waals surface area contributed by atoms with E-state index in [-0.39, 0.29) is 6.61 Å². The number of carboxylic acids is 1. The summed E-state index contributed by atoms with van der Waals surface area (Å²) in [6.07, 6.45) is 3.94. The molecule has 8 nitrogen and oxygen atoms in total. The molecule has 0 spiro atoms. The number of carboxylic acid groups (broad SMARTS) is 1. The molecule has 2 atom stereocenters. The van der Waals surface area contributed by atoms with Gasteiger partial charge in [-0.15, -0.1) is 0 Å². The molecule has 1 amide bonds. The Balaban J connectivity index is 1.53. The predicted octanol–water partition coefficient (Wildman–Crippen LogP) is 7.24. The number of hydrogen-bond acceptors (Lipinski definition) is 6. The lowest BCUT2D eigenvalue weighted by molar-refractivity contribution is -0.180. The number of benzene rings is 3. The van der Waals surface area contributed by atoms with E-state index in [4.69, 9.17) is 14.2 Å². The number of fused-ring (bicyclic) bond motifs is 1. The number of esters is 1. The van der Waals surface area contributed by atoms with Gasteiger partial charge in [0.2, 0.25) is 0 Å². The van der Waals surface area contributed by atoms with E-state index in [1.54, 1.807) is 27.8 Å². The molecule has 0 bridgehead atoms. The van der Waals surface area contributed by atoms with Gasteiger partial charge in [0.15, 0.2) is 12.2 Å². The van der Waals surface area contributed by atoms with Gasteiger partial charge in [0, 0.05) is 20.2 Å². The van der Waals surface area contributed by atoms with Gasteiger partial charge in [-0.1, -0.05) is 73.5 Å². The number of carbonyl (C=O) groups is 3. The molecule has 0 saturated carbocycles. The summed E-state index contributed by atoms with van der Waals surface area (Å²) >= 11 is 0. The van der Waals surface area contributed by atoms with Gasteiger partial charge in [-0.25, -0.2) is 9.59 Å². The summed E-state index contributed by atoms with van der Waals surface area (Å²) in [6, 6.07) is 21.3. The molecule has 0 saturated heterocycles. The molecule has 256 valence electrons. The van der Waals surface area contributed by atoms with Crippen LogP contribution in [-0.4, -0.2) is 72.5 Å². The smallest absolute Gasteiger partial charge is 0.336 e. The van der Waals surface area contributed by atoms with Crippen molar-refractivity contribution in [2.24, 2.45) is 0 Å². The molecule has 0 aliphatic rings. The Morgan fingerprint density at radius 3 is 2.04 bits per heavy atom. The van der Waals surface area contributed by atoms with E-state index in [0.29, 0.717) is 13.0 Å². The monoisotopic (exact) mass is 647 g/mol. The molecule has 3 rings (SSSR count). The Labute approximate surface area is 280 Å². The molecule has 0 radical (unpaired) electrons. The zero-order valence-electron chi connectivity index (χ0n) is 29.1. The van der Waals surface area contributed by atoms with E-state index in [2.05, 4.69) is 62.4 Å². The molecule has 3 aromatic rings. The van der Waals surface area contributed by atoms with Gasteiger partial charge in [-0.3, -0.25) is 4.79 Å². The molecular formula is C39H53NO7. The first-order valence-electron chi connectivity index (χ1n) is 16.8. The molecule has 0 aliphatic heterocycles. The molecule has 47 heavy (non-hydrogen) atoms. The maximum atomic E-state index is 13.6. The summed E-state index contributed by atoms with van der Waals surface area (Å²) < 4.78 is 16.7. The van der Waals surface area contributed by atoms with E-state index >= 15 is 0 Å². The van der Waals surface area contributed by atoms with Crippen LogP contribution in [0, 0.1) is 13.8 Å². The first kappa shape index (κ1) is 37.7. The first-order chi connectivity index (χ1) is 22.3. The molecule has 0 unspecified atom stereocenters. The lowest BCUT2D eigenvalue weighted by atomic mass is 10.0. The second-order valence-corrected chi connectivity index (χ2v) is 13.4. The summed E-state index contributed by atoms with van der Waals surface area (Å²) in [5.41, 5.74) is 4.35. The third-order valence-electron chi connectivity index (χ3n) is 8.19. The first-order valence-corrected chi connectivity index (χ1v) is 16.8. The van der Waals surface area contributed by atoms with Crippen molar-refractivity contribution in [3.05, 3.63) is 82.9 Å². The van der Waals surface area contributed by atoms with E-state index in [1.807, 2.05) is 12.1 Å². The van der Waals surface area contributed by atoms with Crippen molar-refractivity contribution < 1.29 is 33.7 Å². The fourth-order valence-electron chi connectivity index (χ4n) is 5.46. The number of likely N-dealkylation sites (N-methyl/N-ethyl adjacent to an activating group) is 1. The van der Waals surface area contributed by atoms with Crippen LogP contribution in [0.4, 0.5) is 0 Å². The minimum Gasteiger partial charge on any atom is -0.479 e. The minimum atomic E-state index is -1.65. The lowest BCUT2D eigenvalue weighted by Crippen LogP contribution is -2.50. The van der Waals surface area contributed by atoms with Crippen LogP contribution in [0.5, 0.6) is 0 Å². The predicted molar refractivity (Wildman–Crippen MR) is 186 cm³/mol. The van der Waals surface area contributed by atoms with Crippen molar-refractivity contribution in [1.82, 2.24) is 4.90 Å². The molecule has 3 aromatic carbocycles. The molecular weight excluding hydrogens is 594 g/mol. The normalized spacial score (nSPS) is 12.9. The number of amides is 1. The number of carbonyl (C=O) groups excluding carboxylic acids is 2. The van der Waals surface area contributed by atoms with Crippen LogP contribution >= 0.6 is 0 Å². The number of rotatable bonds is 19. The third-order valence-corrected chi connectivity index (χ3v) is 8.19. The van der Waals surface area contributed by atoms with Gasteiger partial charge in [-0.2, -0.15) is 0 Å². The zero-order valence-corrected chi connectivity index (χ0v) is 29.1. The van der Waals surface area contributed by atoms with Crippen molar-refractivity contribution in [2.45, 2.75) is 104 Å². The summed E-state index contributed by atoms with van der Waals surface area (Å²) in [5.74, 6) is -2.56. The molecule has 1 N–H and O–H groups in total. The SMILES string of the molecule is Cc1ccc(CCCCCO[C@@H](C(=O)N(C)CCCCCc2ccc3ccccc3c2)[C@@H](OCC(=O)OC(C)(C)C)C(=O)O)cc1C. The Morgan fingerprint density at radius 1 is 0.745 bits per heavy atom. The van der Waals surface area contributed by atoms with Crippen molar-refractivity contribution in [3.63, 3.8) is 0 Å². The highest BCUT2D eigenvalue weighted by Crippen LogP contribution is 2.18. The largest absolute Gasteiger partial charge is 0.479 e. The number of aryl methyl sites for hydroxylation is 4. The average molecular weight is 648 g/mol. The Hall–Kier alpha value is -3.75. The zero-order chi connectivity index (χ0) is 34.4. The van der Waals surface area contributed by atoms with Gasteiger partial charge in [0.05, 0.1) is 0 Å². The highest BCUT2D eigenvalue weighted by Gasteiger charge is 2.38. The van der Waals surface area contributed by atoms with Crippen LogP contribution in [0.15, 0.2) is 60.7 Å². The van der Waals surface area contributed by atoms with E-state index in [0.717, 1.165) is 44.9 Å². The van der Waals surface area contributed by atoms with E-state index in [1.165, 1.54) is 37.9 Å². The number of unbranched alkanes of at least 4 members (excludes halogenated alkanes) is 4. The van der Waals surface area contributed by atoms with Crippen LogP contribution in [0.2, 0.25) is 0 Å². The summed E-state index contributed by atoms with van der Waals surface area (Å²) in [7, 11) is 1.65. The van der Waals surface area contributed by atoms with Crippen molar-refractivity contribution in [2.75, 3.05) is 26.8 Å². The second-order valence-electron chi connectivity index (χ2n) is 13.4. The highest BCUT2D eigenvalue weighted by atomic mass is 16.6. The second kappa shape index (κ2) is 18.6. The lowest BCUT2D eigenvalue weighted by Gasteiger charge is -2.28. The Bertz CT molecular complexity index is 1460. The summed E-state index contributed by atoms with van der Waals surface area (Å²) in [5, 5.41) is 12.5. The number of ether oxygens (including phenoxy) is 3. The van der Waals surface area contributed by atoms with Gasteiger partial charge < -0.3 is 24.2 Å². The van der Waals surface area contributed by atoms with Crippen molar-refractivity contribution in [3.8, 4) is 0 Å². The standard InChI is InChI=1S/C39H53NO7/c1-28-19-20-30(25-29(28)2)15-10-8-14-24-45-35(36(38(43)44)46-27-34(41)47-39(3,4)5)37(42)40(6)23-13-7-9-16-31-21-22-32-17-11-12-18-33(32)26-31/h11-12,17-22,25-26,35-36H,7-10,13-16,23-24,27H2,1-6H3,(H,43,44)/t35-,36-/m1/s1. The quantitative estimate of drug-likeness (QED) is 0.108. The summed E-state index contributed by atoms with van der Waals surface area (Å²) in [6.45, 7) is 9.39. The van der Waals surface area contributed by atoms with Gasteiger partial charge in [0.1, 0.15) is 12.2 Å². The topological polar surface area (TPSA) is 102 Å². The minimum absolute atomic E-state index is 0.197. The van der Waals surface area contributed by atoms with Crippen LogP contribution in [0.25, 0.3) is 10.8 Å². The van der Waals surface area contributed by atoms with E-state index in [9.17, 15) is 19.5 Å². The highest BCUT2D eigenvalue weighted by molar-refractivity contribution is 5.88. The number of nitrogens with zero attached hydrogens (tertiary/aromatic N) is 1. The summed E-state index contributed by atoms with van der Waals surface area (Å²) in [4.78, 5) is 39.7. The number of hydrogen-bond donors (Lipinski definition) is 1. The molecule has 0 heterocycles. The molecule has 8 heteroatoms. The number of aliphatic carboxylic acids is 1. The fraction of sp³-hybridized carbons (Fsp3) is 0.513. The van der Waals surface area contributed by atoms with Gasteiger partial charge in [-0.05, 0) is 106 Å². The van der Waals surface area contributed by atoms with Crippen molar-refractivity contribution in [1.29, 1.82) is 0 Å². The molecule has 0 fully saturated rings. The average Bonchev–Trinajstić information content (AvgIpc) is 3.01. The Morgan fingerprint density at radius 2 is 1.38 bits per heavy atom. The van der Waals surface area contributed by atoms with Crippen molar-refractivity contribution >= 4 is 28.6 Å². The van der Waals surface area contributed by atoms with E-state index < -0.39 is 42.3 Å². The molecule has 0 aliphatic carbocycles. The van der Waals surface area contributed by atoms with Crippen LogP contribution in [0.3, 0.4) is 0 Å². The molecule has 0 aromatic heterocycles. The maximum Gasteiger partial charge on any atom is 0.336 e.